The van der Waals surface area contributed by atoms with Crippen molar-refractivity contribution in [1.29, 1.82) is 0 Å². The van der Waals surface area contributed by atoms with Crippen LogP contribution < -0.4 is 11.1 Å². The quantitative estimate of drug-likeness (QED) is 0.773. The Hall–Kier alpha value is -1.16. The average molecular weight is 268 g/mol. The van der Waals surface area contributed by atoms with Gasteiger partial charge < -0.3 is 11.1 Å². The molecule has 100 valence electrons. The molecule has 1 aromatic rings. The van der Waals surface area contributed by atoms with Gasteiger partial charge >= 0.3 is 0 Å². The summed E-state index contributed by atoms with van der Waals surface area (Å²) in [4.78, 5) is 0.216. The summed E-state index contributed by atoms with van der Waals surface area (Å²) in [7, 11) is 0. The maximum absolute atomic E-state index is 13.9. The molecule has 0 bridgehead atoms. The third-order valence-corrected chi connectivity index (χ3v) is 3.63. The highest BCUT2D eigenvalue weighted by Crippen LogP contribution is 2.21. The van der Waals surface area contributed by atoms with Gasteiger partial charge in [-0.1, -0.05) is 38.9 Å². The second-order valence-corrected chi connectivity index (χ2v) is 5.01. The summed E-state index contributed by atoms with van der Waals surface area (Å²) in [6.07, 6.45) is 2.16. The van der Waals surface area contributed by atoms with Crippen molar-refractivity contribution >= 4 is 22.9 Å². The molecule has 0 spiro atoms. The lowest BCUT2D eigenvalue weighted by molar-refractivity contribution is 0.436. The Bertz CT molecular complexity index is 416. The van der Waals surface area contributed by atoms with Crippen molar-refractivity contribution < 1.29 is 4.39 Å². The van der Waals surface area contributed by atoms with Crippen molar-refractivity contribution in [2.45, 2.75) is 39.7 Å². The topological polar surface area (TPSA) is 38.0 Å². The normalized spacial score (nSPS) is 12.5. The van der Waals surface area contributed by atoms with Gasteiger partial charge in [-0.3, -0.25) is 0 Å². The summed E-state index contributed by atoms with van der Waals surface area (Å²) in [6.45, 7) is 6.38. The molecule has 1 atom stereocenters. The third-order valence-electron chi connectivity index (χ3n) is 3.39. The van der Waals surface area contributed by atoms with Crippen molar-refractivity contribution in [3.8, 4) is 0 Å². The number of nitrogens with two attached hydrogens (primary N) is 1. The van der Waals surface area contributed by atoms with E-state index in [9.17, 15) is 4.39 Å². The number of benzene rings is 1. The minimum atomic E-state index is -0.307. The van der Waals surface area contributed by atoms with Gasteiger partial charge in [-0.15, -0.1) is 0 Å². The zero-order valence-corrected chi connectivity index (χ0v) is 12.0. The van der Waals surface area contributed by atoms with Gasteiger partial charge in [0.25, 0.3) is 0 Å². The monoisotopic (exact) mass is 268 g/mol. The Balaban J connectivity index is 2.82. The summed E-state index contributed by atoms with van der Waals surface area (Å²) in [5, 5.41) is 3.22. The van der Waals surface area contributed by atoms with E-state index in [-0.39, 0.29) is 16.8 Å². The number of anilines is 1. The van der Waals surface area contributed by atoms with E-state index in [4.69, 9.17) is 18.0 Å². The lowest BCUT2D eigenvalue weighted by Crippen LogP contribution is -2.25. The maximum Gasteiger partial charge on any atom is 0.146 e. The van der Waals surface area contributed by atoms with Gasteiger partial charge in [0.15, 0.2) is 0 Å². The summed E-state index contributed by atoms with van der Waals surface area (Å²) in [5.74, 6) is 0.234. The van der Waals surface area contributed by atoms with Crippen molar-refractivity contribution in [2.24, 2.45) is 11.7 Å². The summed E-state index contributed by atoms with van der Waals surface area (Å²) in [6, 6.07) is 5.06. The molecule has 0 radical (unpaired) electrons. The van der Waals surface area contributed by atoms with E-state index in [1.54, 1.807) is 12.1 Å². The molecule has 1 aromatic carbocycles. The third kappa shape index (κ3) is 3.67. The van der Waals surface area contributed by atoms with E-state index in [0.717, 1.165) is 12.8 Å². The van der Waals surface area contributed by atoms with Crippen LogP contribution in [0.4, 0.5) is 10.1 Å². The summed E-state index contributed by atoms with van der Waals surface area (Å²) >= 11 is 4.82. The van der Waals surface area contributed by atoms with Crippen LogP contribution >= 0.6 is 12.2 Å². The largest absolute Gasteiger partial charge is 0.389 e. The second-order valence-electron chi connectivity index (χ2n) is 4.57. The van der Waals surface area contributed by atoms with Crippen LogP contribution in [0, 0.1) is 11.7 Å². The van der Waals surface area contributed by atoms with Crippen LogP contribution in [0.15, 0.2) is 18.2 Å². The van der Waals surface area contributed by atoms with Crippen LogP contribution in [0.1, 0.15) is 39.2 Å². The molecule has 0 saturated heterocycles. The number of halogens is 1. The SMILES string of the molecule is CCC(CC)C(C)Nc1ccc(C(N)=S)cc1F. The molecule has 1 rings (SSSR count). The highest BCUT2D eigenvalue weighted by Gasteiger charge is 2.15. The molecular weight excluding hydrogens is 247 g/mol. The Labute approximate surface area is 114 Å². The minimum absolute atomic E-state index is 0.216. The number of thiocarbonyl (C=S) groups is 1. The van der Waals surface area contributed by atoms with E-state index in [1.807, 2.05) is 0 Å². The molecule has 0 amide bonds. The molecule has 1 unspecified atom stereocenters. The first-order chi connectivity index (χ1) is 8.49. The average Bonchev–Trinajstić information content (AvgIpc) is 2.33. The Morgan fingerprint density at radius 3 is 2.44 bits per heavy atom. The molecule has 0 heterocycles. The molecule has 0 aliphatic heterocycles. The first kappa shape index (κ1) is 14.9. The van der Waals surface area contributed by atoms with Crippen molar-refractivity contribution in [1.82, 2.24) is 0 Å². The van der Waals surface area contributed by atoms with Crippen molar-refractivity contribution in [2.75, 3.05) is 5.32 Å². The van der Waals surface area contributed by atoms with Crippen molar-refractivity contribution in [3.05, 3.63) is 29.6 Å². The van der Waals surface area contributed by atoms with E-state index in [2.05, 4.69) is 26.1 Å². The van der Waals surface area contributed by atoms with E-state index in [0.29, 0.717) is 17.2 Å². The minimum Gasteiger partial charge on any atom is -0.389 e. The van der Waals surface area contributed by atoms with Crippen LogP contribution in [0.2, 0.25) is 0 Å². The highest BCUT2D eigenvalue weighted by molar-refractivity contribution is 7.80. The smallest absolute Gasteiger partial charge is 0.146 e. The number of rotatable bonds is 6. The highest BCUT2D eigenvalue weighted by atomic mass is 32.1. The number of nitrogens with one attached hydrogen (secondary N) is 1. The molecule has 2 nitrogen and oxygen atoms in total. The second kappa shape index (κ2) is 6.69. The lowest BCUT2D eigenvalue weighted by atomic mass is 9.95. The molecule has 0 aromatic heterocycles. The van der Waals surface area contributed by atoms with Gasteiger partial charge in [0.05, 0.1) is 5.69 Å². The van der Waals surface area contributed by atoms with Crippen LogP contribution in [0.25, 0.3) is 0 Å². The van der Waals surface area contributed by atoms with E-state index < -0.39 is 0 Å². The van der Waals surface area contributed by atoms with Crippen LogP contribution in [-0.2, 0) is 0 Å². The zero-order valence-electron chi connectivity index (χ0n) is 11.2. The molecular formula is C14H21FN2S. The molecule has 0 aliphatic rings. The standard InChI is InChI=1S/C14H21FN2S/c1-4-10(5-2)9(3)17-13-7-6-11(14(16)18)8-12(13)15/h6-10,17H,4-5H2,1-3H3,(H2,16,18). The van der Waals surface area contributed by atoms with Crippen LogP contribution in [-0.4, -0.2) is 11.0 Å². The fraction of sp³-hybridized carbons (Fsp3) is 0.500. The first-order valence-corrected chi connectivity index (χ1v) is 6.76. The molecule has 18 heavy (non-hydrogen) atoms. The predicted molar refractivity (Wildman–Crippen MR) is 79.4 cm³/mol. The van der Waals surface area contributed by atoms with Crippen molar-refractivity contribution in [3.63, 3.8) is 0 Å². The van der Waals surface area contributed by atoms with E-state index in [1.165, 1.54) is 6.07 Å². The maximum atomic E-state index is 13.9. The van der Waals surface area contributed by atoms with Crippen LogP contribution in [0.5, 0.6) is 0 Å². The van der Waals surface area contributed by atoms with Gasteiger partial charge in [0.2, 0.25) is 0 Å². The Morgan fingerprint density at radius 1 is 1.39 bits per heavy atom. The summed E-state index contributed by atoms with van der Waals surface area (Å²) < 4.78 is 13.9. The predicted octanol–water partition coefficient (Wildman–Crippen LogP) is 3.70. The molecule has 4 heteroatoms. The Morgan fingerprint density at radius 2 is 2.00 bits per heavy atom. The van der Waals surface area contributed by atoms with E-state index >= 15 is 0 Å². The fourth-order valence-corrected chi connectivity index (χ4v) is 2.27. The van der Waals surface area contributed by atoms with Gasteiger partial charge in [0, 0.05) is 11.6 Å². The van der Waals surface area contributed by atoms with Gasteiger partial charge in [-0.2, -0.15) is 0 Å². The van der Waals surface area contributed by atoms with Crippen LogP contribution in [0.3, 0.4) is 0 Å². The number of hydrogen-bond acceptors (Lipinski definition) is 2. The first-order valence-electron chi connectivity index (χ1n) is 6.35. The van der Waals surface area contributed by atoms with Gasteiger partial charge in [0.1, 0.15) is 10.8 Å². The molecule has 0 fully saturated rings. The van der Waals surface area contributed by atoms with Gasteiger partial charge in [-0.25, -0.2) is 4.39 Å². The molecule has 3 N–H and O–H groups in total. The molecule has 0 saturated carbocycles. The fourth-order valence-electron chi connectivity index (χ4n) is 2.14. The molecule has 0 aliphatic carbocycles. The number of hydrogen-bond donors (Lipinski definition) is 2. The lowest BCUT2D eigenvalue weighted by Gasteiger charge is -2.24. The summed E-state index contributed by atoms with van der Waals surface area (Å²) in [5.41, 5.74) is 6.54. The Kier molecular flexibility index (Phi) is 5.54. The van der Waals surface area contributed by atoms with Gasteiger partial charge in [-0.05, 0) is 31.0 Å². The zero-order chi connectivity index (χ0) is 13.7.